The van der Waals surface area contributed by atoms with Crippen LogP contribution < -0.4 is 10.1 Å². The Bertz CT molecular complexity index is 446. The van der Waals surface area contributed by atoms with E-state index in [1.165, 1.54) is 13.2 Å². The van der Waals surface area contributed by atoms with E-state index in [9.17, 15) is 13.2 Å². The standard InChI is InChI=1S/C13H17F3N2O2/c1-19-8-9-6-11(13(14,15)16)18-12(7-9)20-10-2-4-17-5-3-10/h6-7,10,17H,2-5,8H2,1H3. The monoisotopic (exact) mass is 290 g/mol. The molecule has 2 heterocycles. The van der Waals surface area contributed by atoms with Crippen LogP contribution in [0.4, 0.5) is 13.2 Å². The van der Waals surface area contributed by atoms with E-state index in [0.29, 0.717) is 5.56 Å². The predicted molar refractivity (Wildman–Crippen MR) is 66.5 cm³/mol. The van der Waals surface area contributed by atoms with Crippen LogP contribution in [-0.4, -0.2) is 31.3 Å². The van der Waals surface area contributed by atoms with Crippen LogP contribution >= 0.6 is 0 Å². The van der Waals surface area contributed by atoms with Crippen molar-refractivity contribution in [1.29, 1.82) is 0 Å². The van der Waals surface area contributed by atoms with Crippen molar-refractivity contribution in [3.05, 3.63) is 23.4 Å². The van der Waals surface area contributed by atoms with Gasteiger partial charge in [-0.2, -0.15) is 13.2 Å². The van der Waals surface area contributed by atoms with Gasteiger partial charge >= 0.3 is 6.18 Å². The number of nitrogens with one attached hydrogen (secondary N) is 1. The predicted octanol–water partition coefficient (Wildman–Crippen LogP) is 2.38. The summed E-state index contributed by atoms with van der Waals surface area (Å²) in [6, 6.07) is 2.49. The summed E-state index contributed by atoms with van der Waals surface area (Å²) in [6.07, 6.45) is -3.06. The zero-order valence-corrected chi connectivity index (χ0v) is 11.2. The highest BCUT2D eigenvalue weighted by molar-refractivity contribution is 5.26. The first-order valence-electron chi connectivity index (χ1n) is 6.43. The Morgan fingerprint density at radius 3 is 2.60 bits per heavy atom. The number of hydrogen-bond acceptors (Lipinski definition) is 4. The highest BCUT2D eigenvalue weighted by Gasteiger charge is 2.33. The maximum Gasteiger partial charge on any atom is 0.433 e. The van der Waals surface area contributed by atoms with E-state index in [1.54, 1.807) is 0 Å². The molecule has 112 valence electrons. The molecule has 0 saturated carbocycles. The SMILES string of the molecule is COCc1cc(OC2CCNCC2)nc(C(F)(F)F)c1. The van der Waals surface area contributed by atoms with Gasteiger partial charge in [-0.1, -0.05) is 0 Å². The Morgan fingerprint density at radius 2 is 2.00 bits per heavy atom. The Balaban J connectivity index is 2.19. The van der Waals surface area contributed by atoms with Crippen LogP contribution in [0.2, 0.25) is 0 Å². The van der Waals surface area contributed by atoms with Gasteiger partial charge in [0, 0.05) is 13.2 Å². The number of ether oxygens (including phenoxy) is 2. The fourth-order valence-corrected chi connectivity index (χ4v) is 2.10. The normalized spacial score (nSPS) is 17.2. The van der Waals surface area contributed by atoms with Crippen molar-refractivity contribution in [2.75, 3.05) is 20.2 Å². The quantitative estimate of drug-likeness (QED) is 0.924. The summed E-state index contributed by atoms with van der Waals surface area (Å²) in [5, 5.41) is 3.17. The van der Waals surface area contributed by atoms with Crippen molar-refractivity contribution in [3.8, 4) is 5.88 Å². The third-order valence-electron chi connectivity index (χ3n) is 3.04. The van der Waals surface area contributed by atoms with Gasteiger partial charge in [0.25, 0.3) is 0 Å². The fourth-order valence-electron chi connectivity index (χ4n) is 2.10. The second kappa shape index (κ2) is 6.41. The lowest BCUT2D eigenvalue weighted by molar-refractivity contribution is -0.141. The molecule has 0 aliphatic carbocycles. The first-order valence-corrected chi connectivity index (χ1v) is 6.43. The van der Waals surface area contributed by atoms with Gasteiger partial charge < -0.3 is 14.8 Å². The minimum atomic E-state index is -4.49. The van der Waals surface area contributed by atoms with Gasteiger partial charge in [-0.05, 0) is 37.6 Å². The van der Waals surface area contributed by atoms with E-state index in [1.807, 2.05) is 0 Å². The van der Waals surface area contributed by atoms with Gasteiger partial charge in [0.1, 0.15) is 11.8 Å². The average Bonchev–Trinajstić information content (AvgIpc) is 2.39. The molecule has 2 rings (SSSR count). The molecule has 1 aromatic heterocycles. The van der Waals surface area contributed by atoms with Gasteiger partial charge in [-0.15, -0.1) is 0 Å². The number of halogens is 3. The molecular formula is C13H17F3N2O2. The number of alkyl halides is 3. The van der Waals surface area contributed by atoms with E-state index in [4.69, 9.17) is 9.47 Å². The summed E-state index contributed by atoms with van der Waals surface area (Å²) >= 11 is 0. The van der Waals surface area contributed by atoms with E-state index in [-0.39, 0.29) is 18.6 Å². The average molecular weight is 290 g/mol. The number of nitrogens with zero attached hydrogens (tertiary/aromatic N) is 1. The lowest BCUT2D eigenvalue weighted by atomic mass is 10.1. The fraction of sp³-hybridized carbons (Fsp3) is 0.615. The summed E-state index contributed by atoms with van der Waals surface area (Å²) in [7, 11) is 1.43. The summed E-state index contributed by atoms with van der Waals surface area (Å²) in [5.74, 6) is 0.0128. The third-order valence-corrected chi connectivity index (χ3v) is 3.04. The summed E-state index contributed by atoms with van der Waals surface area (Å²) in [6.45, 7) is 1.69. The van der Waals surface area contributed by atoms with E-state index in [2.05, 4.69) is 10.3 Å². The van der Waals surface area contributed by atoms with Gasteiger partial charge in [0.2, 0.25) is 5.88 Å². The zero-order valence-electron chi connectivity index (χ0n) is 11.2. The van der Waals surface area contributed by atoms with Gasteiger partial charge in [0.15, 0.2) is 0 Å². The molecule has 0 atom stereocenters. The first kappa shape index (κ1) is 15.1. The van der Waals surface area contributed by atoms with Crippen molar-refractivity contribution in [1.82, 2.24) is 10.3 Å². The second-order valence-electron chi connectivity index (χ2n) is 4.70. The van der Waals surface area contributed by atoms with E-state index in [0.717, 1.165) is 32.0 Å². The molecule has 0 radical (unpaired) electrons. The number of hydrogen-bond donors (Lipinski definition) is 1. The summed E-state index contributed by atoms with van der Waals surface area (Å²) < 4.78 is 48.8. The Hall–Kier alpha value is -1.34. The van der Waals surface area contributed by atoms with Crippen LogP contribution in [0.15, 0.2) is 12.1 Å². The maximum atomic E-state index is 12.8. The molecule has 1 aromatic rings. The van der Waals surface area contributed by atoms with E-state index < -0.39 is 11.9 Å². The number of aromatic nitrogens is 1. The van der Waals surface area contributed by atoms with Crippen LogP contribution in [0.3, 0.4) is 0 Å². The molecule has 1 aliphatic heterocycles. The van der Waals surface area contributed by atoms with Crippen LogP contribution in [-0.2, 0) is 17.5 Å². The topological polar surface area (TPSA) is 43.4 Å². The minimum absolute atomic E-state index is 0.0128. The van der Waals surface area contributed by atoms with Crippen molar-refractivity contribution in [2.45, 2.75) is 31.7 Å². The second-order valence-corrected chi connectivity index (χ2v) is 4.70. The van der Waals surface area contributed by atoms with Gasteiger partial charge in [0.05, 0.1) is 6.61 Å². The van der Waals surface area contributed by atoms with Crippen LogP contribution in [0, 0.1) is 0 Å². The molecule has 0 bridgehead atoms. The van der Waals surface area contributed by atoms with Crippen LogP contribution in [0.1, 0.15) is 24.1 Å². The smallest absolute Gasteiger partial charge is 0.433 e. The van der Waals surface area contributed by atoms with Crippen LogP contribution in [0.5, 0.6) is 5.88 Å². The van der Waals surface area contributed by atoms with Crippen molar-refractivity contribution < 1.29 is 22.6 Å². The third kappa shape index (κ3) is 4.08. The van der Waals surface area contributed by atoms with E-state index >= 15 is 0 Å². The lowest BCUT2D eigenvalue weighted by Crippen LogP contribution is -2.34. The minimum Gasteiger partial charge on any atom is -0.474 e. The highest BCUT2D eigenvalue weighted by Crippen LogP contribution is 2.30. The van der Waals surface area contributed by atoms with Crippen molar-refractivity contribution >= 4 is 0 Å². The summed E-state index contributed by atoms with van der Waals surface area (Å²) in [5.41, 5.74) is -0.547. The molecule has 4 nitrogen and oxygen atoms in total. The van der Waals surface area contributed by atoms with Crippen molar-refractivity contribution in [2.24, 2.45) is 0 Å². The molecule has 0 amide bonds. The Labute approximate surface area is 115 Å². The molecule has 0 unspecified atom stereocenters. The molecular weight excluding hydrogens is 273 g/mol. The molecule has 1 fully saturated rings. The lowest BCUT2D eigenvalue weighted by Gasteiger charge is -2.23. The number of pyridine rings is 1. The van der Waals surface area contributed by atoms with Crippen LogP contribution in [0.25, 0.3) is 0 Å². The summed E-state index contributed by atoms with van der Waals surface area (Å²) in [4.78, 5) is 3.56. The maximum absolute atomic E-state index is 12.8. The molecule has 0 spiro atoms. The van der Waals surface area contributed by atoms with Gasteiger partial charge in [-0.25, -0.2) is 4.98 Å². The first-order chi connectivity index (χ1) is 9.49. The number of piperidine rings is 1. The number of methoxy groups -OCH3 is 1. The Kier molecular flexibility index (Phi) is 4.82. The van der Waals surface area contributed by atoms with Gasteiger partial charge in [-0.3, -0.25) is 0 Å². The molecule has 1 saturated heterocycles. The molecule has 7 heteroatoms. The number of rotatable bonds is 4. The molecule has 1 N–H and O–H groups in total. The molecule has 1 aliphatic rings. The Morgan fingerprint density at radius 1 is 1.30 bits per heavy atom. The highest BCUT2D eigenvalue weighted by atomic mass is 19.4. The largest absolute Gasteiger partial charge is 0.474 e. The molecule has 0 aromatic carbocycles. The van der Waals surface area contributed by atoms with Crippen molar-refractivity contribution in [3.63, 3.8) is 0 Å². The molecule has 20 heavy (non-hydrogen) atoms. The zero-order chi connectivity index (χ0) is 14.6.